The van der Waals surface area contributed by atoms with E-state index in [2.05, 4.69) is 12.2 Å². The molecule has 2 fully saturated rings. The molecule has 2 aliphatic rings. The van der Waals surface area contributed by atoms with Crippen molar-refractivity contribution in [2.24, 2.45) is 11.8 Å². The van der Waals surface area contributed by atoms with E-state index in [9.17, 15) is 5.11 Å². The number of rotatable bonds is 4. The first-order valence-electron chi connectivity index (χ1n) is 7.71. The molecule has 0 amide bonds. The van der Waals surface area contributed by atoms with Crippen LogP contribution in [-0.2, 0) is 0 Å². The summed E-state index contributed by atoms with van der Waals surface area (Å²) in [7, 11) is 0. The van der Waals surface area contributed by atoms with E-state index in [4.69, 9.17) is 0 Å². The van der Waals surface area contributed by atoms with Crippen molar-refractivity contribution in [2.45, 2.75) is 76.9 Å². The average Bonchev–Trinajstić information content (AvgIpc) is 2.38. The Hall–Kier alpha value is -0.0800. The second-order valence-electron chi connectivity index (χ2n) is 6.16. The van der Waals surface area contributed by atoms with E-state index in [0.29, 0.717) is 6.04 Å². The summed E-state index contributed by atoms with van der Waals surface area (Å²) in [5.41, 5.74) is 0. The van der Waals surface area contributed by atoms with E-state index >= 15 is 0 Å². The lowest BCUT2D eigenvalue weighted by atomic mass is 9.80. The topological polar surface area (TPSA) is 32.3 Å². The zero-order chi connectivity index (χ0) is 12.1. The highest BCUT2D eigenvalue weighted by atomic mass is 16.3. The number of aliphatic hydroxyl groups excluding tert-OH is 1. The summed E-state index contributed by atoms with van der Waals surface area (Å²) in [5, 5.41) is 13.5. The van der Waals surface area contributed by atoms with Crippen molar-refractivity contribution in [1.82, 2.24) is 5.32 Å². The fraction of sp³-hybridized carbons (Fsp3) is 1.00. The van der Waals surface area contributed by atoms with Crippen LogP contribution in [0.5, 0.6) is 0 Å². The monoisotopic (exact) mass is 239 g/mol. The molecular formula is C15H29NO. The third-order valence-electron chi connectivity index (χ3n) is 4.94. The smallest absolute Gasteiger partial charge is 0.0693 e. The van der Waals surface area contributed by atoms with Gasteiger partial charge in [0.2, 0.25) is 0 Å². The minimum Gasteiger partial charge on any atom is -0.392 e. The third kappa shape index (κ3) is 3.96. The molecule has 0 aromatic rings. The largest absolute Gasteiger partial charge is 0.392 e. The van der Waals surface area contributed by atoms with Gasteiger partial charge in [0.1, 0.15) is 0 Å². The van der Waals surface area contributed by atoms with Crippen molar-refractivity contribution >= 4 is 0 Å². The van der Waals surface area contributed by atoms with Gasteiger partial charge in [-0.1, -0.05) is 39.0 Å². The van der Waals surface area contributed by atoms with Gasteiger partial charge >= 0.3 is 0 Å². The van der Waals surface area contributed by atoms with Crippen LogP contribution in [0.3, 0.4) is 0 Å². The maximum Gasteiger partial charge on any atom is 0.0693 e. The Kier molecular flexibility index (Phi) is 5.30. The van der Waals surface area contributed by atoms with Gasteiger partial charge in [-0.3, -0.25) is 0 Å². The SMILES string of the molecule is CCC1CCC(CN[C@@H]2CCCC[C@H]2O)CC1. The number of hydrogen-bond donors (Lipinski definition) is 2. The Morgan fingerprint density at radius 1 is 0.941 bits per heavy atom. The quantitative estimate of drug-likeness (QED) is 0.790. The highest BCUT2D eigenvalue weighted by Gasteiger charge is 2.25. The van der Waals surface area contributed by atoms with Crippen LogP contribution in [0.1, 0.15) is 64.7 Å². The van der Waals surface area contributed by atoms with Crippen molar-refractivity contribution in [3.63, 3.8) is 0 Å². The summed E-state index contributed by atoms with van der Waals surface area (Å²) in [4.78, 5) is 0. The molecule has 0 heterocycles. The normalized spacial score (nSPS) is 39.2. The maximum atomic E-state index is 9.92. The lowest BCUT2D eigenvalue weighted by Crippen LogP contribution is -2.44. The van der Waals surface area contributed by atoms with E-state index in [0.717, 1.165) is 24.8 Å². The summed E-state index contributed by atoms with van der Waals surface area (Å²) in [6.45, 7) is 3.46. The molecule has 2 N–H and O–H groups in total. The summed E-state index contributed by atoms with van der Waals surface area (Å²) >= 11 is 0. The van der Waals surface area contributed by atoms with Crippen molar-refractivity contribution < 1.29 is 5.11 Å². The van der Waals surface area contributed by atoms with Crippen LogP contribution in [0.15, 0.2) is 0 Å². The molecular weight excluding hydrogens is 210 g/mol. The molecule has 0 aliphatic heterocycles. The second kappa shape index (κ2) is 6.75. The summed E-state index contributed by atoms with van der Waals surface area (Å²) < 4.78 is 0. The summed E-state index contributed by atoms with van der Waals surface area (Å²) in [6.07, 6.45) is 11.6. The maximum absolute atomic E-state index is 9.92. The van der Waals surface area contributed by atoms with Crippen LogP contribution in [0.2, 0.25) is 0 Å². The van der Waals surface area contributed by atoms with Crippen LogP contribution in [-0.4, -0.2) is 23.8 Å². The predicted molar refractivity (Wildman–Crippen MR) is 72.0 cm³/mol. The second-order valence-corrected chi connectivity index (χ2v) is 6.16. The first-order chi connectivity index (χ1) is 8.29. The molecule has 0 saturated heterocycles. The van der Waals surface area contributed by atoms with Crippen LogP contribution >= 0.6 is 0 Å². The average molecular weight is 239 g/mol. The van der Waals surface area contributed by atoms with Gasteiger partial charge in [-0.15, -0.1) is 0 Å². The van der Waals surface area contributed by atoms with Gasteiger partial charge in [-0.05, 0) is 44.1 Å². The molecule has 0 aromatic carbocycles. The van der Waals surface area contributed by atoms with Gasteiger partial charge in [0.25, 0.3) is 0 Å². The molecule has 2 rings (SSSR count). The van der Waals surface area contributed by atoms with Gasteiger partial charge in [0, 0.05) is 6.04 Å². The zero-order valence-corrected chi connectivity index (χ0v) is 11.3. The highest BCUT2D eigenvalue weighted by molar-refractivity contribution is 4.82. The molecule has 2 saturated carbocycles. The summed E-state index contributed by atoms with van der Waals surface area (Å²) in [6, 6.07) is 0.382. The van der Waals surface area contributed by atoms with Crippen LogP contribution < -0.4 is 5.32 Å². The number of aliphatic hydroxyl groups is 1. The van der Waals surface area contributed by atoms with E-state index < -0.39 is 0 Å². The van der Waals surface area contributed by atoms with E-state index in [1.54, 1.807) is 0 Å². The summed E-state index contributed by atoms with van der Waals surface area (Å²) in [5.74, 6) is 1.86. The first-order valence-corrected chi connectivity index (χ1v) is 7.71. The van der Waals surface area contributed by atoms with E-state index in [1.165, 1.54) is 51.4 Å². The van der Waals surface area contributed by atoms with Crippen molar-refractivity contribution in [1.29, 1.82) is 0 Å². The van der Waals surface area contributed by atoms with Crippen molar-refractivity contribution in [2.75, 3.05) is 6.54 Å². The molecule has 100 valence electrons. The van der Waals surface area contributed by atoms with Crippen molar-refractivity contribution in [3.05, 3.63) is 0 Å². The van der Waals surface area contributed by atoms with Gasteiger partial charge in [-0.25, -0.2) is 0 Å². The molecule has 17 heavy (non-hydrogen) atoms. The van der Waals surface area contributed by atoms with Gasteiger partial charge in [-0.2, -0.15) is 0 Å². The van der Waals surface area contributed by atoms with Gasteiger partial charge in [0.05, 0.1) is 6.10 Å². The minimum atomic E-state index is -0.0873. The molecule has 2 atom stereocenters. The molecule has 0 unspecified atom stereocenters. The highest BCUT2D eigenvalue weighted by Crippen LogP contribution is 2.30. The fourth-order valence-electron chi connectivity index (χ4n) is 3.51. The molecule has 2 heteroatoms. The number of nitrogens with one attached hydrogen (secondary N) is 1. The Labute approximate surface area is 106 Å². The van der Waals surface area contributed by atoms with Crippen LogP contribution in [0.4, 0.5) is 0 Å². The van der Waals surface area contributed by atoms with Crippen LogP contribution in [0.25, 0.3) is 0 Å². The third-order valence-corrected chi connectivity index (χ3v) is 4.94. The molecule has 2 aliphatic carbocycles. The molecule has 2 nitrogen and oxygen atoms in total. The Bertz CT molecular complexity index is 211. The molecule has 0 aromatic heterocycles. The van der Waals surface area contributed by atoms with Gasteiger partial charge < -0.3 is 10.4 Å². The van der Waals surface area contributed by atoms with E-state index in [1.807, 2.05) is 0 Å². The lowest BCUT2D eigenvalue weighted by molar-refractivity contribution is 0.0868. The Morgan fingerprint density at radius 2 is 1.59 bits per heavy atom. The van der Waals surface area contributed by atoms with Crippen molar-refractivity contribution in [3.8, 4) is 0 Å². The molecule has 0 bridgehead atoms. The lowest BCUT2D eigenvalue weighted by Gasteiger charge is -2.32. The van der Waals surface area contributed by atoms with Crippen LogP contribution in [0, 0.1) is 11.8 Å². The minimum absolute atomic E-state index is 0.0873. The Balaban J connectivity index is 1.65. The zero-order valence-electron chi connectivity index (χ0n) is 11.3. The van der Waals surface area contributed by atoms with E-state index in [-0.39, 0.29) is 6.10 Å². The molecule has 0 spiro atoms. The standard InChI is InChI=1S/C15H29NO/c1-2-12-7-9-13(10-8-12)11-16-14-5-3-4-6-15(14)17/h12-17H,2-11H2,1H3/t12?,13?,14-,15-/m1/s1. The fourth-order valence-corrected chi connectivity index (χ4v) is 3.51. The Morgan fingerprint density at radius 3 is 2.24 bits per heavy atom. The van der Waals surface area contributed by atoms with Gasteiger partial charge in [0.15, 0.2) is 0 Å². The first kappa shape index (κ1) is 13.4. The predicted octanol–water partition coefficient (Wildman–Crippen LogP) is 3.10. The number of hydrogen-bond acceptors (Lipinski definition) is 2. The molecule has 0 radical (unpaired) electrons.